The zero-order valence-corrected chi connectivity index (χ0v) is 14.3. The first-order chi connectivity index (χ1) is 12.0. The van der Waals surface area contributed by atoms with Gasteiger partial charge < -0.3 is 10.6 Å². The molecule has 25 heavy (non-hydrogen) atoms. The van der Waals surface area contributed by atoms with Gasteiger partial charge in [0, 0.05) is 25.0 Å². The average Bonchev–Trinajstić information content (AvgIpc) is 3.11. The molecule has 1 saturated heterocycles. The Morgan fingerprint density at radius 3 is 2.64 bits per heavy atom. The highest BCUT2D eigenvalue weighted by Gasteiger charge is 2.32. The van der Waals surface area contributed by atoms with Gasteiger partial charge in [-0.25, -0.2) is 4.68 Å². The number of aryl methyl sites for hydroxylation is 1. The van der Waals surface area contributed by atoms with Crippen LogP contribution in [0.2, 0.25) is 0 Å². The number of hydrogen-bond acceptors (Lipinski definition) is 4. The van der Waals surface area contributed by atoms with Crippen molar-refractivity contribution >= 4 is 22.6 Å². The van der Waals surface area contributed by atoms with E-state index in [9.17, 15) is 14.4 Å². The molecule has 0 saturated carbocycles. The van der Waals surface area contributed by atoms with E-state index in [1.807, 2.05) is 6.92 Å². The molecule has 2 aromatic rings. The van der Waals surface area contributed by atoms with Crippen molar-refractivity contribution < 1.29 is 9.59 Å². The van der Waals surface area contributed by atoms with Gasteiger partial charge in [0.1, 0.15) is 0 Å². The highest BCUT2D eigenvalue weighted by atomic mass is 16.2. The monoisotopic (exact) mass is 342 g/mol. The first-order valence-corrected chi connectivity index (χ1v) is 8.61. The minimum absolute atomic E-state index is 0.183. The summed E-state index contributed by atoms with van der Waals surface area (Å²) in [6.07, 6.45) is 2.30. The quantitative estimate of drug-likeness (QED) is 0.881. The zero-order chi connectivity index (χ0) is 18.0. The molecule has 7 heteroatoms. The molecule has 1 fully saturated rings. The van der Waals surface area contributed by atoms with Crippen LogP contribution >= 0.6 is 0 Å². The van der Waals surface area contributed by atoms with Crippen molar-refractivity contribution in [3.8, 4) is 0 Å². The summed E-state index contributed by atoms with van der Waals surface area (Å²) in [5, 5.41) is 5.39. The number of aromatic nitrogens is 2. The molecule has 0 aliphatic carbocycles. The van der Waals surface area contributed by atoms with Gasteiger partial charge in [-0.15, -0.1) is 0 Å². The number of likely N-dealkylation sites (tertiary alicyclic amines) is 1. The summed E-state index contributed by atoms with van der Waals surface area (Å²) in [5.74, 6) is -0.965. The lowest BCUT2D eigenvalue weighted by Gasteiger charge is -2.17. The maximum atomic E-state index is 13.0. The Kier molecular flexibility index (Phi) is 4.83. The van der Waals surface area contributed by atoms with Gasteiger partial charge >= 0.3 is 0 Å². The summed E-state index contributed by atoms with van der Waals surface area (Å²) in [4.78, 5) is 38.5. The Morgan fingerprint density at radius 1 is 1.28 bits per heavy atom. The molecule has 3 rings (SSSR count). The number of nitrogens with zero attached hydrogens (tertiary/aromatic N) is 3. The Bertz CT molecular complexity index is 874. The van der Waals surface area contributed by atoms with Gasteiger partial charge in [0.05, 0.1) is 11.3 Å². The summed E-state index contributed by atoms with van der Waals surface area (Å²) < 4.78 is 1.38. The van der Waals surface area contributed by atoms with Gasteiger partial charge in [-0.3, -0.25) is 14.4 Å². The van der Waals surface area contributed by atoms with Crippen LogP contribution in [-0.2, 0) is 11.3 Å². The van der Waals surface area contributed by atoms with Crippen LogP contribution in [0.15, 0.2) is 29.1 Å². The molecular weight excluding hydrogens is 320 g/mol. The van der Waals surface area contributed by atoms with Crippen molar-refractivity contribution in [1.82, 2.24) is 14.7 Å². The number of unbranched alkanes of at least 4 members (excludes halogenated alkanes) is 1. The summed E-state index contributed by atoms with van der Waals surface area (Å²) >= 11 is 0. The van der Waals surface area contributed by atoms with Crippen LogP contribution < -0.4 is 11.3 Å². The lowest BCUT2D eigenvalue weighted by Crippen LogP contribution is -2.34. The molecule has 132 valence electrons. The third-order valence-corrected chi connectivity index (χ3v) is 4.67. The van der Waals surface area contributed by atoms with Crippen LogP contribution in [0.25, 0.3) is 10.8 Å². The smallest absolute Gasteiger partial charge is 0.274 e. The number of amides is 2. The second kappa shape index (κ2) is 7.04. The largest absolute Gasteiger partial charge is 0.369 e. The van der Waals surface area contributed by atoms with E-state index in [1.54, 1.807) is 29.2 Å². The SMILES string of the molecule is CCCCn1nc(C(=O)N2CC[C@H](C(N)=O)C2)c2ccccc2c1=O. The fourth-order valence-corrected chi connectivity index (χ4v) is 3.18. The second-order valence-electron chi connectivity index (χ2n) is 6.42. The molecule has 1 aromatic heterocycles. The normalized spacial score (nSPS) is 17.2. The van der Waals surface area contributed by atoms with Gasteiger partial charge in [0.15, 0.2) is 5.69 Å². The van der Waals surface area contributed by atoms with Gasteiger partial charge in [-0.1, -0.05) is 31.5 Å². The Balaban J connectivity index is 2.03. The number of carbonyl (C=O) groups is 2. The average molecular weight is 342 g/mol. The molecule has 1 atom stereocenters. The van der Waals surface area contributed by atoms with Gasteiger partial charge in [0.25, 0.3) is 11.5 Å². The molecule has 0 bridgehead atoms. The number of nitrogens with two attached hydrogens (primary N) is 1. The molecular formula is C18H22N4O3. The maximum absolute atomic E-state index is 13.0. The van der Waals surface area contributed by atoms with Crippen LogP contribution in [0.4, 0.5) is 0 Å². The Labute approximate surface area is 145 Å². The first kappa shape index (κ1) is 17.1. The van der Waals surface area contributed by atoms with Gasteiger partial charge in [0.2, 0.25) is 5.91 Å². The van der Waals surface area contributed by atoms with E-state index in [0.29, 0.717) is 36.8 Å². The van der Waals surface area contributed by atoms with Crippen molar-refractivity contribution in [2.24, 2.45) is 11.7 Å². The molecule has 2 heterocycles. The van der Waals surface area contributed by atoms with Crippen molar-refractivity contribution in [2.75, 3.05) is 13.1 Å². The van der Waals surface area contributed by atoms with Crippen molar-refractivity contribution in [1.29, 1.82) is 0 Å². The molecule has 2 amide bonds. The highest BCUT2D eigenvalue weighted by molar-refractivity contribution is 6.05. The molecule has 2 N–H and O–H groups in total. The van der Waals surface area contributed by atoms with E-state index in [0.717, 1.165) is 12.8 Å². The van der Waals surface area contributed by atoms with Crippen molar-refractivity contribution in [3.63, 3.8) is 0 Å². The zero-order valence-electron chi connectivity index (χ0n) is 14.3. The molecule has 1 aliphatic heterocycles. The molecule has 1 aliphatic rings. The number of hydrogen-bond donors (Lipinski definition) is 1. The molecule has 0 unspecified atom stereocenters. The number of rotatable bonds is 5. The summed E-state index contributed by atoms with van der Waals surface area (Å²) in [7, 11) is 0. The van der Waals surface area contributed by atoms with E-state index in [2.05, 4.69) is 5.10 Å². The predicted octanol–water partition coefficient (Wildman–Crippen LogP) is 1.14. The van der Waals surface area contributed by atoms with Crippen LogP contribution in [0.5, 0.6) is 0 Å². The van der Waals surface area contributed by atoms with Crippen molar-refractivity contribution in [2.45, 2.75) is 32.7 Å². The maximum Gasteiger partial charge on any atom is 0.274 e. The minimum atomic E-state index is -0.388. The van der Waals surface area contributed by atoms with Crippen LogP contribution in [0.1, 0.15) is 36.7 Å². The second-order valence-corrected chi connectivity index (χ2v) is 6.42. The Morgan fingerprint density at radius 2 is 2.00 bits per heavy atom. The van der Waals surface area contributed by atoms with Crippen LogP contribution in [0, 0.1) is 5.92 Å². The van der Waals surface area contributed by atoms with Crippen molar-refractivity contribution in [3.05, 3.63) is 40.3 Å². The number of fused-ring (bicyclic) bond motifs is 1. The standard InChI is InChI=1S/C18H22N4O3/c1-2-3-9-22-17(24)14-7-5-4-6-13(14)15(20-22)18(25)21-10-8-12(11-21)16(19)23/h4-7,12H,2-3,8-11H2,1H3,(H2,19,23)/t12-/m0/s1. The fourth-order valence-electron chi connectivity index (χ4n) is 3.18. The number of benzene rings is 1. The van der Waals surface area contributed by atoms with Crippen LogP contribution in [-0.4, -0.2) is 39.6 Å². The molecule has 0 spiro atoms. The summed E-state index contributed by atoms with van der Waals surface area (Å²) in [6.45, 7) is 3.28. The van der Waals surface area contributed by atoms with E-state index in [1.165, 1.54) is 4.68 Å². The van der Waals surface area contributed by atoms with Gasteiger partial charge in [-0.05, 0) is 18.9 Å². The van der Waals surface area contributed by atoms with E-state index in [4.69, 9.17) is 5.73 Å². The topological polar surface area (TPSA) is 98.3 Å². The highest BCUT2D eigenvalue weighted by Crippen LogP contribution is 2.21. The number of carbonyl (C=O) groups excluding carboxylic acids is 2. The molecule has 0 radical (unpaired) electrons. The van der Waals surface area contributed by atoms with E-state index >= 15 is 0 Å². The molecule has 7 nitrogen and oxygen atoms in total. The third kappa shape index (κ3) is 3.26. The molecule has 1 aromatic carbocycles. The van der Waals surface area contributed by atoms with Crippen LogP contribution in [0.3, 0.4) is 0 Å². The van der Waals surface area contributed by atoms with E-state index < -0.39 is 0 Å². The minimum Gasteiger partial charge on any atom is -0.369 e. The first-order valence-electron chi connectivity index (χ1n) is 8.61. The predicted molar refractivity (Wildman–Crippen MR) is 94.1 cm³/mol. The third-order valence-electron chi connectivity index (χ3n) is 4.67. The fraction of sp³-hybridized carbons (Fsp3) is 0.444. The summed E-state index contributed by atoms with van der Waals surface area (Å²) in [5.41, 5.74) is 5.43. The lowest BCUT2D eigenvalue weighted by atomic mass is 10.1. The van der Waals surface area contributed by atoms with E-state index in [-0.39, 0.29) is 29.0 Å². The summed E-state index contributed by atoms with van der Waals surface area (Å²) in [6, 6.07) is 7.02. The van der Waals surface area contributed by atoms with Gasteiger partial charge in [-0.2, -0.15) is 5.10 Å². The Hall–Kier alpha value is -2.70. The lowest BCUT2D eigenvalue weighted by molar-refractivity contribution is -0.121. The number of primary amides is 1.